The summed E-state index contributed by atoms with van der Waals surface area (Å²) in [5.74, 6) is 0.130. The van der Waals surface area contributed by atoms with Crippen LogP contribution in [0.15, 0.2) is 11.4 Å². The Labute approximate surface area is 107 Å². The van der Waals surface area contributed by atoms with E-state index in [2.05, 4.69) is 22.6 Å². The number of carbonyl (C=O) groups excluding carboxylic acids is 1. The van der Waals surface area contributed by atoms with Crippen LogP contribution in [0.2, 0.25) is 0 Å². The first-order valence-corrected chi connectivity index (χ1v) is 6.77. The molecule has 0 bridgehead atoms. The number of morpholine rings is 1. The Balaban J connectivity index is 2.13. The zero-order valence-corrected chi connectivity index (χ0v) is 11.4. The second-order valence-electron chi connectivity index (χ2n) is 3.56. The van der Waals surface area contributed by atoms with Crippen molar-refractivity contribution in [3.8, 4) is 0 Å². The van der Waals surface area contributed by atoms with Gasteiger partial charge in [-0.3, -0.25) is 4.79 Å². The smallest absolute Gasteiger partial charge is 0.255 e. The van der Waals surface area contributed by atoms with Gasteiger partial charge in [-0.1, -0.05) is 0 Å². The van der Waals surface area contributed by atoms with Crippen molar-refractivity contribution in [1.82, 2.24) is 4.90 Å². The van der Waals surface area contributed by atoms with Gasteiger partial charge in [0.15, 0.2) is 0 Å². The average molecular weight is 337 g/mol. The number of nitrogens with zero attached hydrogens (tertiary/aromatic N) is 1. The summed E-state index contributed by atoms with van der Waals surface area (Å²) in [5, 5.41) is 1.92. The van der Waals surface area contributed by atoms with Gasteiger partial charge in [-0.25, -0.2) is 0 Å². The highest BCUT2D eigenvalue weighted by atomic mass is 127. The van der Waals surface area contributed by atoms with Crippen molar-refractivity contribution in [3.05, 3.63) is 19.9 Å². The van der Waals surface area contributed by atoms with Crippen LogP contribution in [0.3, 0.4) is 0 Å². The summed E-state index contributed by atoms with van der Waals surface area (Å²) in [6.07, 6.45) is 0. The first-order valence-electron chi connectivity index (χ1n) is 4.81. The third kappa shape index (κ3) is 2.51. The molecule has 3 nitrogen and oxygen atoms in total. The van der Waals surface area contributed by atoms with E-state index in [1.165, 1.54) is 0 Å². The number of rotatable bonds is 1. The molecule has 1 atom stereocenters. The SMILES string of the molecule is CC1COCCN1C(=O)c1csc(I)c1. The van der Waals surface area contributed by atoms with Gasteiger partial charge in [-0.15, -0.1) is 11.3 Å². The maximum atomic E-state index is 12.1. The number of thiophene rings is 1. The molecule has 15 heavy (non-hydrogen) atoms. The standard InChI is InChI=1S/C10H12INO2S/c1-7-5-14-3-2-12(7)10(13)8-4-9(11)15-6-8/h4,6-7H,2-3,5H2,1H3. The molecule has 1 aromatic rings. The fourth-order valence-electron chi connectivity index (χ4n) is 1.62. The van der Waals surface area contributed by atoms with Gasteiger partial charge in [0.1, 0.15) is 0 Å². The minimum absolute atomic E-state index is 0.130. The van der Waals surface area contributed by atoms with Crippen LogP contribution in [-0.2, 0) is 4.74 Å². The molecule has 1 aromatic heterocycles. The van der Waals surface area contributed by atoms with Crippen LogP contribution >= 0.6 is 33.9 Å². The van der Waals surface area contributed by atoms with Gasteiger partial charge < -0.3 is 9.64 Å². The summed E-state index contributed by atoms with van der Waals surface area (Å²) in [4.78, 5) is 14.0. The molecule has 1 saturated heterocycles. The molecule has 0 aliphatic carbocycles. The number of amides is 1. The largest absolute Gasteiger partial charge is 0.377 e. The van der Waals surface area contributed by atoms with E-state index in [1.807, 2.05) is 23.3 Å². The maximum Gasteiger partial charge on any atom is 0.255 e. The van der Waals surface area contributed by atoms with Crippen molar-refractivity contribution in [2.45, 2.75) is 13.0 Å². The Bertz CT molecular complexity index is 366. The molecule has 0 aromatic carbocycles. The summed E-state index contributed by atoms with van der Waals surface area (Å²) in [6, 6.07) is 2.12. The second kappa shape index (κ2) is 4.80. The van der Waals surface area contributed by atoms with Crippen molar-refractivity contribution < 1.29 is 9.53 Å². The fraction of sp³-hybridized carbons (Fsp3) is 0.500. The molecule has 1 unspecified atom stereocenters. The zero-order valence-electron chi connectivity index (χ0n) is 8.40. The summed E-state index contributed by atoms with van der Waals surface area (Å²) >= 11 is 3.84. The Hall–Kier alpha value is -0.140. The third-order valence-electron chi connectivity index (χ3n) is 2.44. The van der Waals surface area contributed by atoms with Gasteiger partial charge in [0.05, 0.1) is 27.7 Å². The maximum absolute atomic E-state index is 12.1. The van der Waals surface area contributed by atoms with Crippen molar-refractivity contribution in [2.75, 3.05) is 19.8 Å². The lowest BCUT2D eigenvalue weighted by Gasteiger charge is -2.33. The van der Waals surface area contributed by atoms with E-state index in [9.17, 15) is 4.79 Å². The molecule has 1 fully saturated rings. The normalized spacial score (nSPS) is 21.7. The highest BCUT2D eigenvalue weighted by Gasteiger charge is 2.25. The molecule has 2 rings (SSSR count). The summed E-state index contributed by atoms with van der Waals surface area (Å²) in [5.41, 5.74) is 0.804. The average Bonchev–Trinajstić information content (AvgIpc) is 2.65. The van der Waals surface area contributed by atoms with E-state index < -0.39 is 0 Å². The van der Waals surface area contributed by atoms with Crippen LogP contribution in [0.4, 0.5) is 0 Å². The summed E-state index contributed by atoms with van der Waals surface area (Å²) in [6.45, 7) is 4.02. The quantitative estimate of drug-likeness (QED) is 0.736. The highest BCUT2D eigenvalue weighted by molar-refractivity contribution is 14.1. The van der Waals surface area contributed by atoms with Gasteiger partial charge in [-0.2, -0.15) is 0 Å². The molecule has 1 amide bonds. The highest BCUT2D eigenvalue weighted by Crippen LogP contribution is 2.19. The van der Waals surface area contributed by atoms with Crippen LogP contribution in [-0.4, -0.2) is 36.6 Å². The van der Waals surface area contributed by atoms with Crippen molar-refractivity contribution >= 4 is 39.8 Å². The molecule has 82 valence electrons. The molecule has 0 saturated carbocycles. The predicted molar refractivity (Wildman–Crippen MR) is 68.4 cm³/mol. The van der Waals surface area contributed by atoms with E-state index in [4.69, 9.17) is 4.74 Å². The van der Waals surface area contributed by atoms with Crippen molar-refractivity contribution in [2.24, 2.45) is 0 Å². The minimum Gasteiger partial charge on any atom is -0.377 e. The molecule has 0 N–H and O–H groups in total. The van der Waals surface area contributed by atoms with Gasteiger partial charge in [0, 0.05) is 11.9 Å². The number of halogens is 1. The number of carbonyl (C=O) groups is 1. The van der Waals surface area contributed by atoms with Crippen LogP contribution in [0, 0.1) is 2.88 Å². The van der Waals surface area contributed by atoms with Gasteiger partial charge in [-0.05, 0) is 35.6 Å². The van der Waals surface area contributed by atoms with Gasteiger partial charge in [0.2, 0.25) is 0 Å². The monoisotopic (exact) mass is 337 g/mol. The van der Waals surface area contributed by atoms with Crippen LogP contribution in [0.1, 0.15) is 17.3 Å². The molecule has 1 aliphatic rings. The Morgan fingerprint density at radius 1 is 1.73 bits per heavy atom. The van der Waals surface area contributed by atoms with Crippen LogP contribution in [0.25, 0.3) is 0 Å². The molecule has 1 aliphatic heterocycles. The number of ether oxygens (including phenoxy) is 1. The minimum atomic E-state index is 0.130. The summed E-state index contributed by atoms with van der Waals surface area (Å²) in [7, 11) is 0. The van der Waals surface area contributed by atoms with Gasteiger partial charge >= 0.3 is 0 Å². The Kier molecular flexibility index (Phi) is 3.63. The Morgan fingerprint density at radius 3 is 3.13 bits per heavy atom. The fourth-order valence-corrected chi connectivity index (χ4v) is 2.94. The molecule has 0 radical (unpaired) electrons. The molecule has 5 heteroatoms. The van der Waals surface area contributed by atoms with Crippen molar-refractivity contribution in [3.63, 3.8) is 0 Å². The lowest BCUT2D eigenvalue weighted by molar-refractivity contribution is 0.00362. The first-order chi connectivity index (χ1) is 7.18. The topological polar surface area (TPSA) is 29.5 Å². The Morgan fingerprint density at radius 2 is 2.53 bits per heavy atom. The first kappa shape index (κ1) is 11.3. The molecule has 0 spiro atoms. The van der Waals surface area contributed by atoms with E-state index in [1.54, 1.807) is 11.3 Å². The zero-order chi connectivity index (χ0) is 10.8. The second-order valence-corrected chi connectivity index (χ2v) is 6.37. The lowest BCUT2D eigenvalue weighted by atomic mass is 10.2. The predicted octanol–water partition coefficient (Wildman–Crippen LogP) is 2.21. The molecular formula is C10H12INO2S. The van der Waals surface area contributed by atoms with E-state index >= 15 is 0 Å². The third-order valence-corrected chi connectivity index (χ3v) is 4.23. The molecular weight excluding hydrogens is 325 g/mol. The van der Waals surface area contributed by atoms with Crippen molar-refractivity contribution in [1.29, 1.82) is 0 Å². The van der Waals surface area contributed by atoms with E-state index in [0.29, 0.717) is 19.8 Å². The molecule has 2 heterocycles. The summed E-state index contributed by atoms with van der Waals surface area (Å²) < 4.78 is 6.46. The van der Waals surface area contributed by atoms with Crippen LogP contribution < -0.4 is 0 Å². The van der Waals surface area contributed by atoms with Crippen LogP contribution in [0.5, 0.6) is 0 Å². The number of hydrogen-bond acceptors (Lipinski definition) is 3. The number of hydrogen-bond donors (Lipinski definition) is 0. The van der Waals surface area contributed by atoms with E-state index in [0.717, 1.165) is 8.45 Å². The lowest BCUT2D eigenvalue weighted by Crippen LogP contribution is -2.46. The van der Waals surface area contributed by atoms with E-state index in [-0.39, 0.29) is 11.9 Å². The van der Waals surface area contributed by atoms with Gasteiger partial charge in [0.25, 0.3) is 5.91 Å².